The van der Waals surface area contributed by atoms with Gasteiger partial charge in [-0.1, -0.05) is 0 Å². The van der Waals surface area contributed by atoms with E-state index in [9.17, 15) is 9.18 Å². The van der Waals surface area contributed by atoms with E-state index in [-0.39, 0.29) is 17.4 Å². The summed E-state index contributed by atoms with van der Waals surface area (Å²) in [4.78, 5) is 12.4. The highest BCUT2D eigenvalue weighted by atomic mass is 19.1. The molecule has 20 heavy (non-hydrogen) atoms. The van der Waals surface area contributed by atoms with E-state index in [1.165, 1.54) is 24.4 Å². The second kappa shape index (κ2) is 4.59. The van der Waals surface area contributed by atoms with Crippen molar-refractivity contribution in [2.75, 3.05) is 0 Å². The Morgan fingerprint density at radius 2 is 2.25 bits per heavy atom. The third-order valence-electron chi connectivity index (χ3n) is 3.32. The van der Waals surface area contributed by atoms with Gasteiger partial charge in [0, 0.05) is 23.7 Å². The lowest BCUT2D eigenvalue weighted by Crippen LogP contribution is -2.00. The van der Waals surface area contributed by atoms with E-state index < -0.39 is 0 Å². The first-order valence-corrected chi connectivity index (χ1v) is 6.36. The summed E-state index contributed by atoms with van der Waals surface area (Å²) < 4.78 is 20.5. The first-order chi connectivity index (χ1) is 9.60. The van der Waals surface area contributed by atoms with Gasteiger partial charge < -0.3 is 4.42 Å². The summed E-state index contributed by atoms with van der Waals surface area (Å²) in [6.45, 7) is 4.39. The number of carbonyl (C=O) groups is 1. The molecule has 0 unspecified atom stereocenters. The lowest BCUT2D eigenvalue weighted by Gasteiger charge is -1.95. The van der Waals surface area contributed by atoms with Crippen molar-refractivity contribution < 1.29 is 13.6 Å². The largest absolute Gasteiger partial charge is 0.452 e. The molecule has 0 spiro atoms. The number of nitrogens with zero attached hydrogens (tertiary/aromatic N) is 2. The number of furan rings is 1. The molecule has 5 heteroatoms. The highest BCUT2D eigenvalue weighted by molar-refractivity contribution is 6.10. The molecule has 0 amide bonds. The van der Waals surface area contributed by atoms with Crippen LogP contribution in [0.25, 0.3) is 11.0 Å². The van der Waals surface area contributed by atoms with Crippen molar-refractivity contribution in [1.82, 2.24) is 9.78 Å². The van der Waals surface area contributed by atoms with E-state index in [1.807, 2.05) is 6.92 Å². The minimum Gasteiger partial charge on any atom is -0.452 e. The lowest BCUT2D eigenvalue weighted by molar-refractivity contribution is 0.101. The summed E-state index contributed by atoms with van der Waals surface area (Å²) in [6.07, 6.45) is 3.19. The maximum atomic E-state index is 13.3. The number of hydrogen-bond donors (Lipinski definition) is 0. The average Bonchev–Trinajstić information content (AvgIpc) is 3.04. The highest BCUT2D eigenvalue weighted by Gasteiger charge is 2.20. The van der Waals surface area contributed by atoms with Gasteiger partial charge in [0.1, 0.15) is 11.4 Å². The summed E-state index contributed by atoms with van der Waals surface area (Å²) in [5.74, 6) is -0.348. The van der Waals surface area contributed by atoms with E-state index >= 15 is 0 Å². The van der Waals surface area contributed by atoms with Crippen molar-refractivity contribution in [3.05, 3.63) is 53.3 Å². The van der Waals surface area contributed by atoms with Crippen LogP contribution in [0.1, 0.15) is 28.6 Å². The maximum Gasteiger partial charge on any atom is 0.231 e. The number of hydrogen-bond acceptors (Lipinski definition) is 3. The summed E-state index contributed by atoms with van der Waals surface area (Å²) in [7, 11) is 0. The Balaban J connectivity index is 2.09. The summed E-state index contributed by atoms with van der Waals surface area (Å²) in [5, 5.41) is 4.69. The number of benzene rings is 1. The first kappa shape index (κ1) is 12.6. The molecule has 2 heterocycles. The van der Waals surface area contributed by atoms with Crippen LogP contribution in [0.4, 0.5) is 4.39 Å². The van der Waals surface area contributed by atoms with Crippen molar-refractivity contribution in [1.29, 1.82) is 0 Å². The molecule has 0 radical (unpaired) electrons. The molecular formula is C15H13FN2O2. The molecule has 3 aromatic rings. The number of rotatable bonds is 3. The third-order valence-corrected chi connectivity index (χ3v) is 3.32. The van der Waals surface area contributed by atoms with E-state index in [2.05, 4.69) is 5.10 Å². The van der Waals surface area contributed by atoms with Gasteiger partial charge in [0.25, 0.3) is 0 Å². The van der Waals surface area contributed by atoms with Crippen molar-refractivity contribution in [3.8, 4) is 0 Å². The van der Waals surface area contributed by atoms with Crippen LogP contribution in [0.3, 0.4) is 0 Å². The monoisotopic (exact) mass is 272 g/mol. The van der Waals surface area contributed by atoms with E-state index in [4.69, 9.17) is 4.42 Å². The maximum absolute atomic E-state index is 13.3. The Morgan fingerprint density at radius 3 is 2.95 bits per heavy atom. The molecule has 102 valence electrons. The molecule has 0 bridgehead atoms. The smallest absolute Gasteiger partial charge is 0.231 e. The number of halogens is 1. The van der Waals surface area contributed by atoms with E-state index in [0.717, 1.165) is 0 Å². The molecule has 0 aliphatic carbocycles. The van der Waals surface area contributed by atoms with Gasteiger partial charge in [-0.3, -0.25) is 9.48 Å². The molecule has 0 aliphatic rings. The quantitative estimate of drug-likeness (QED) is 0.687. The molecule has 0 saturated carbocycles. The molecule has 0 N–H and O–H groups in total. The zero-order valence-electron chi connectivity index (χ0n) is 11.2. The van der Waals surface area contributed by atoms with Crippen LogP contribution < -0.4 is 0 Å². The highest BCUT2D eigenvalue weighted by Crippen LogP contribution is 2.27. The minimum absolute atomic E-state index is 0.237. The molecule has 2 aromatic heterocycles. The zero-order chi connectivity index (χ0) is 14.3. The molecule has 0 aliphatic heterocycles. The normalized spacial score (nSPS) is 11.2. The van der Waals surface area contributed by atoms with Crippen LogP contribution in [0, 0.1) is 12.7 Å². The fraction of sp³-hybridized carbons (Fsp3) is 0.200. The molecule has 0 atom stereocenters. The Bertz CT molecular complexity index is 801. The average molecular weight is 272 g/mol. The van der Waals surface area contributed by atoms with Gasteiger partial charge in [0.05, 0.1) is 11.8 Å². The molecule has 0 saturated heterocycles. The van der Waals surface area contributed by atoms with Gasteiger partial charge in [-0.15, -0.1) is 0 Å². The molecule has 0 fully saturated rings. The van der Waals surface area contributed by atoms with Gasteiger partial charge in [0.2, 0.25) is 5.78 Å². The fourth-order valence-electron chi connectivity index (χ4n) is 2.19. The summed E-state index contributed by atoms with van der Waals surface area (Å²) in [6, 6.07) is 4.22. The molecular weight excluding hydrogens is 259 g/mol. The Kier molecular flexibility index (Phi) is 2.89. The fourth-order valence-corrected chi connectivity index (χ4v) is 2.19. The number of carbonyl (C=O) groups excluding carboxylic acids is 1. The van der Waals surface area contributed by atoms with Gasteiger partial charge in [-0.05, 0) is 32.0 Å². The van der Waals surface area contributed by atoms with Crippen molar-refractivity contribution in [3.63, 3.8) is 0 Å². The Labute approximate surface area is 114 Å². The lowest BCUT2D eigenvalue weighted by atomic mass is 10.1. The zero-order valence-corrected chi connectivity index (χ0v) is 11.2. The van der Waals surface area contributed by atoms with E-state index in [0.29, 0.717) is 28.6 Å². The number of ketones is 1. The second-order valence-corrected chi connectivity index (χ2v) is 4.61. The summed E-state index contributed by atoms with van der Waals surface area (Å²) >= 11 is 0. The number of aryl methyl sites for hydroxylation is 2. The first-order valence-electron chi connectivity index (χ1n) is 6.36. The van der Waals surface area contributed by atoms with Crippen molar-refractivity contribution >= 4 is 16.8 Å². The molecule has 3 rings (SSSR count). The van der Waals surface area contributed by atoms with Crippen LogP contribution in [0.2, 0.25) is 0 Å². The number of aromatic nitrogens is 2. The van der Waals surface area contributed by atoms with Crippen LogP contribution >= 0.6 is 0 Å². The molecule has 1 aromatic carbocycles. The van der Waals surface area contributed by atoms with Crippen molar-refractivity contribution in [2.24, 2.45) is 0 Å². The van der Waals surface area contributed by atoms with Gasteiger partial charge >= 0.3 is 0 Å². The van der Waals surface area contributed by atoms with Gasteiger partial charge in [0.15, 0.2) is 5.76 Å². The SMILES string of the molecule is CCn1cc(C(=O)c2oc3ccc(F)cc3c2C)cn1. The van der Waals surface area contributed by atoms with Crippen molar-refractivity contribution in [2.45, 2.75) is 20.4 Å². The third kappa shape index (κ3) is 1.91. The van der Waals surface area contributed by atoms with Crippen LogP contribution in [0.15, 0.2) is 35.0 Å². The summed E-state index contributed by atoms with van der Waals surface area (Å²) in [5.41, 5.74) is 1.62. The van der Waals surface area contributed by atoms with Gasteiger partial charge in [-0.25, -0.2) is 4.39 Å². The minimum atomic E-state index is -0.348. The standard InChI is InChI=1S/C15H13FN2O2/c1-3-18-8-10(7-17-18)14(19)15-9(2)12-6-11(16)4-5-13(12)20-15/h4-8H,3H2,1-2H3. The molecule has 4 nitrogen and oxygen atoms in total. The van der Waals surface area contributed by atoms with Crippen LogP contribution in [0.5, 0.6) is 0 Å². The predicted molar refractivity (Wildman–Crippen MR) is 72.2 cm³/mol. The number of fused-ring (bicyclic) bond motifs is 1. The topological polar surface area (TPSA) is 48.0 Å². The second-order valence-electron chi connectivity index (χ2n) is 4.61. The van der Waals surface area contributed by atoms with E-state index in [1.54, 1.807) is 17.8 Å². The van der Waals surface area contributed by atoms with Crippen LogP contribution in [-0.4, -0.2) is 15.6 Å². The van der Waals surface area contributed by atoms with Gasteiger partial charge in [-0.2, -0.15) is 5.10 Å². The Morgan fingerprint density at radius 1 is 1.45 bits per heavy atom. The predicted octanol–water partition coefficient (Wildman–Crippen LogP) is 3.33. The van der Waals surface area contributed by atoms with Crippen LogP contribution in [-0.2, 0) is 6.54 Å². The Hall–Kier alpha value is -2.43.